The molecule has 1 aliphatic heterocycles. The Morgan fingerprint density at radius 3 is 2.83 bits per heavy atom. The maximum absolute atomic E-state index is 12.5. The summed E-state index contributed by atoms with van der Waals surface area (Å²) in [5.41, 5.74) is 0.933. The lowest BCUT2D eigenvalue weighted by molar-refractivity contribution is 0.102. The van der Waals surface area contributed by atoms with Crippen molar-refractivity contribution in [2.24, 2.45) is 0 Å². The summed E-state index contributed by atoms with van der Waals surface area (Å²) in [6, 6.07) is 7.18. The van der Waals surface area contributed by atoms with Crippen molar-refractivity contribution in [3.8, 4) is 11.5 Å². The van der Waals surface area contributed by atoms with Crippen LogP contribution >= 0.6 is 0 Å². The van der Waals surface area contributed by atoms with Crippen LogP contribution in [0.15, 0.2) is 24.3 Å². The predicted octanol–water partition coefficient (Wildman–Crippen LogP) is 2.98. The number of aryl methyl sites for hydroxylation is 1. The zero-order chi connectivity index (χ0) is 17.1. The number of aromatic nitrogens is 2. The maximum atomic E-state index is 12.5. The van der Waals surface area contributed by atoms with Crippen LogP contribution in [0.2, 0.25) is 0 Å². The number of carbonyl (C=O) groups excluding carboxylic acids is 1. The third-order valence-electron chi connectivity index (χ3n) is 3.71. The van der Waals surface area contributed by atoms with Gasteiger partial charge in [-0.25, -0.2) is 9.97 Å². The molecule has 0 bridgehead atoms. The molecule has 1 atom stereocenters. The summed E-state index contributed by atoms with van der Waals surface area (Å²) in [5, 5.41) is 6.07. The topological polar surface area (TPSA) is 85.4 Å². The van der Waals surface area contributed by atoms with E-state index in [9.17, 15) is 4.79 Å². The molecule has 24 heavy (non-hydrogen) atoms. The van der Waals surface area contributed by atoms with E-state index in [1.54, 1.807) is 31.2 Å². The van der Waals surface area contributed by atoms with Gasteiger partial charge < -0.3 is 20.1 Å². The summed E-state index contributed by atoms with van der Waals surface area (Å²) in [4.78, 5) is 21.0. The van der Waals surface area contributed by atoms with Crippen molar-refractivity contribution >= 4 is 17.4 Å². The van der Waals surface area contributed by atoms with E-state index in [4.69, 9.17) is 9.47 Å². The molecule has 0 fully saturated rings. The SMILES string of the molecule is CCC(C)Nc1cc(C(=O)Nc2ccc3c(c2)OCO3)nc(C)n1. The van der Waals surface area contributed by atoms with E-state index in [1.165, 1.54) is 0 Å². The Morgan fingerprint density at radius 1 is 1.25 bits per heavy atom. The lowest BCUT2D eigenvalue weighted by atomic mass is 10.2. The first-order valence-electron chi connectivity index (χ1n) is 7.88. The van der Waals surface area contributed by atoms with Crippen molar-refractivity contribution in [1.29, 1.82) is 0 Å². The molecule has 1 aromatic carbocycles. The number of rotatable bonds is 5. The van der Waals surface area contributed by atoms with E-state index >= 15 is 0 Å². The zero-order valence-electron chi connectivity index (χ0n) is 13.9. The number of ether oxygens (including phenoxy) is 2. The summed E-state index contributed by atoms with van der Waals surface area (Å²) in [6.07, 6.45) is 0.960. The minimum absolute atomic E-state index is 0.197. The third-order valence-corrected chi connectivity index (χ3v) is 3.71. The Kier molecular flexibility index (Phi) is 4.50. The normalized spacial score (nSPS) is 13.5. The van der Waals surface area contributed by atoms with Gasteiger partial charge in [0.2, 0.25) is 6.79 Å². The highest BCUT2D eigenvalue weighted by atomic mass is 16.7. The number of nitrogens with one attached hydrogen (secondary N) is 2. The molecule has 0 spiro atoms. The minimum atomic E-state index is -0.299. The predicted molar refractivity (Wildman–Crippen MR) is 90.7 cm³/mol. The van der Waals surface area contributed by atoms with Gasteiger partial charge in [0, 0.05) is 23.9 Å². The van der Waals surface area contributed by atoms with Gasteiger partial charge in [0.05, 0.1) is 0 Å². The molecule has 7 nitrogen and oxygen atoms in total. The second-order valence-corrected chi connectivity index (χ2v) is 5.66. The molecule has 0 radical (unpaired) electrons. The van der Waals surface area contributed by atoms with E-state index in [0.29, 0.717) is 34.5 Å². The fourth-order valence-electron chi connectivity index (χ4n) is 2.28. The molecule has 1 aromatic heterocycles. The standard InChI is InChI=1S/C17H20N4O3/c1-4-10(2)18-16-8-13(19-11(3)20-16)17(22)21-12-5-6-14-15(7-12)24-9-23-14/h5-8,10H,4,9H2,1-3H3,(H,21,22)(H,18,19,20). The van der Waals surface area contributed by atoms with Crippen LogP contribution in [0, 0.1) is 6.92 Å². The first kappa shape index (κ1) is 16.0. The molecule has 2 heterocycles. The van der Waals surface area contributed by atoms with E-state index in [1.807, 2.05) is 0 Å². The lowest BCUT2D eigenvalue weighted by Gasteiger charge is -2.13. The van der Waals surface area contributed by atoms with E-state index < -0.39 is 0 Å². The first-order chi connectivity index (χ1) is 11.5. The smallest absolute Gasteiger partial charge is 0.274 e. The van der Waals surface area contributed by atoms with Gasteiger partial charge in [-0.05, 0) is 32.4 Å². The van der Waals surface area contributed by atoms with Gasteiger partial charge in [0.25, 0.3) is 5.91 Å². The monoisotopic (exact) mass is 328 g/mol. The van der Waals surface area contributed by atoms with E-state index in [0.717, 1.165) is 6.42 Å². The quantitative estimate of drug-likeness (QED) is 0.877. The largest absolute Gasteiger partial charge is 0.454 e. The van der Waals surface area contributed by atoms with Gasteiger partial charge in [0.15, 0.2) is 11.5 Å². The summed E-state index contributed by atoms with van der Waals surface area (Å²) in [5.74, 6) is 2.18. The fraction of sp³-hybridized carbons (Fsp3) is 0.353. The number of hydrogen-bond acceptors (Lipinski definition) is 6. The van der Waals surface area contributed by atoms with Gasteiger partial charge in [0.1, 0.15) is 17.3 Å². The summed E-state index contributed by atoms with van der Waals surface area (Å²) in [6.45, 7) is 6.10. The van der Waals surface area contributed by atoms with Crippen LogP contribution in [0.4, 0.5) is 11.5 Å². The van der Waals surface area contributed by atoms with Crippen LogP contribution in [-0.4, -0.2) is 28.7 Å². The summed E-state index contributed by atoms with van der Waals surface area (Å²) in [7, 11) is 0. The van der Waals surface area contributed by atoms with Crippen molar-refractivity contribution < 1.29 is 14.3 Å². The van der Waals surface area contributed by atoms with Crippen LogP contribution in [0.3, 0.4) is 0 Å². The van der Waals surface area contributed by atoms with E-state index in [-0.39, 0.29) is 18.7 Å². The molecule has 0 aliphatic carbocycles. The summed E-state index contributed by atoms with van der Waals surface area (Å²) < 4.78 is 10.6. The molecular weight excluding hydrogens is 308 g/mol. The Morgan fingerprint density at radius 2 is 2.04 bits per heavy atom. The van der Waals surface area contributed by atoms with Crippen molar-refractivity contribution in [1.82, 2.24) is 9.97 Å². The highest BCUT2D eigenvalue weighted by Crippen LogP contribution is 2.34. The second kappa shape index (κ2) is 6.74. The Bertz CT molecular complexity index is 763. The number of benzene rings is 1. The fourth-order valence-corrected chi connectivity index (χ4v) is 2.28. The van der Waals surface area contributed by atoms with Crippen molar-refractivity contribution in [2.45, 2.75) is 33.2 Å². The molecule has 2 aromatic rings. The maximum Gasteiger partial charge on any atom is 0.274 e. The highest BCUT2D eigenvalue weighted by molar-refractivity contribution is 6.03. The third kappa shape index (κ3) is 3.56. The Labute approximate surface area is 140 Å². The average molecular weight is 328 g/mol. The number of carbonyl (C=O) groups is 1. The van der Waals surface area contributed by atoms with Gasteiger partial charge in [-0.1, -0.05) is 6.92 Å². The van der Waals surface area contributed by atoms with Crippen LogP contribution in [0.5, 0.6) is 11.5 Å². The van der Waals surface area contributed by atoms with Gasteiger partial charge in [-0.3, -0.25) is 4.79 Å². The van der Waals surface area contributed by atoms with Crippen LogP contribution in [0.1, 0.15) is 36.6 Å². The average Bonchev–Trinajstić information content (AvgIpc) is 3.01. The lowest BCUT2D eigenvalue weighted by Crippen LogP contribution is -2.18. The van der Waals surface area contributed by atoms with Crippen molar-refractivity contribution in [3.63, 3.8) is 0 Å². The van der Waals surface area contributed by atoms with Crippen LogP contribution < -0.4 is 20.1 Å². The number of amides is 1. The molecule has 1 amide bonds. The Hall–Kier alpha value is -2.83. The molecule has 2 N–H and O–H groups in total. The summed E-state index contributed by atoms with van der Waals surface area (Å²) >= 11 is 0. The molecular formula is C17H20N4O3. The Balaban J connectivity index is 1.77. The molecule has 3 rings (SSSR count). The van der Waals surface area contributed by atoms with E-state index in [2.05, 4.69) is 34.4 Å². The minimum Gasteiger partial charge on any atom is -0.454 e. The van der Waals surface area contributed by atoms with Gasteiger partial charge >= 0.3 is 0 Å². The number of hydrogen-bond donors (Lipinski definition) is 2. The van der Waals surface area contributed by atoms with Gasteiger partial charge in [-0.15, -0.1) is 0 Å². The van der Waals surface area contributed by atoms with Gasteiger partial charge in [-0.2, -0.15) is 0 Å². The van der Waals surface area contributed by atoms with Crippen LogP contribution in [-0.2, 0) is 0 Å². The second-order valence-electron chi connectivity index (χ2n) is 5.66. The first-order valence-corrected chi connectivity index (χ1v) is 7.88. The number of anilines is 2. The molecule has 0 saturated carbocycles. The number of fused-ring (bicyclic) bond motifs is 1. The number of nitrogens with zero attached hydrogens (tertiary/aromatic N) is 2. The molecule has 1 unspecified atom stereocenters. The molecule has 0 saturated heterocycles. The zero-order valence-corrected chi connectivity index (χ0v) is 13.9. The van der Waals surface area contributed by atoms with Crippen molar-refractivity contribution in [2.75, 3.05) is 17.4 Å². The molecule has 126 valence electrons. The van der Waals surface area contributed by atoms with Crippen molar-refractivity contribution in [3.05, 3.63) is 35.8 Å². The highest BCUT2D eigenvalue weighted by Gasteiger charge is 2.16. The molecule has 1 aliphatic rings. The molecule has 7 heteroatoms. The van der Waals surface area contributed by atoms with Crippen LogP contribution in [0.25, 0.3) is 0 Å².